The van der Waals surface area contributed by atoms with Gasteiger partial charge in [-0.1, -0.05) is 54.7 Å². The smallest absolute Gasteiger partial charge is 0.213 e. The zero-order valence-electron chi connectivity index (χ0n) is 10.4. The van der Waals surface area contributed by atoms with Crippen LogP contribution in [0.25, 0.3) is 0 Å². The molecule has 16 heavy (non-hydrogen) atoms. The van der Waals surface area contributed by atoms with Crippen molar-refractivity contribution >= 4 is 13.3 Å². The summed E-state index contributed by atoms with van der Waals surface area (Å²) in [7, 11) is -1.28. The number of hydrogen-bond acceptors (Lipinski definition) is 0. The van der Waals surface area contributed by atoms with Gasteiger partial charge in [-0.05, 0) is 0 Å². The van der Waals surface area contributed by atoms with Crippen LogP contribution in [0.2, 0.25) is 13.1 Å². The third kappa shape index (κ3) is 3.19. The van der Waals surface area contributed by atoms with Crippen LogP contribution in [0.1, 0.15) is 5.56 Å². The first-order valence-electron chi connectivity index (χ1n) is 5.45. The molecule has 2 rings (SSSR count). The second kappa shape index (κ2) is 5.63. The van der Waals surface area contributed by atoms with E-state index in [0.717, 1.165) is 0 Å². The first-order valence-corrected chi connectivity index (χ1v) is 8.65. The van der Waals surface area contributed by atoms with Crippen molar-refractivity contribution in [1.29, 1.82) is 0 Å². The first-order chi connectivity index (χ1) is 7.18. The van der Waals surface area contributed by atoms with Crippen LogP contribution in [-0.2, 0) is 6.04 Å². The molecule has 0 aliphatic rings. The molecule has 0 N–H and O–H groups in total. The van der Waals surface area contributed by atoms with E-state index in [4.69, 9.17) is 0 Å². The van der Waals surface area contributed by atoms with Crippen LogP contribution in [0.15, 0.2) is 54.6 Å². The van der Waals surface area contributed by atoms with Crippen LogP contribution in [0.3, 0.4) is 0 Å². The predicted octanol–water partition coefficient (Wildman–Crippen LogP) is 0.107. The topological polar surface area (TPSA) is 0 Å². The predicted molar refractivity (Wildman–Crippen MR) is 69.3 cm³/mol. The Labute approximate surface area is 111 Å². The molecule has 0 fully saturated rings. The SMILES string of the molecule is C[Si](C)(C[c-]1cccc1)c1ccccc1.[Li+]. The van der Waals surface area contributed by atoms with Crippen LogP contribution in [0.5, 0.6) is 0 Å². The maximum Gasteiger partial charge on any atom is 1.00 e. The summed E-state index contributed by atoms with van der Waals surface area (Å²) < 4.78 is 0. The molecule has 0 saturated heterocycles. The summed E-state index contributed by atoms with van der Waals surface area (Å²) in [6.45, 7) is 4.88. The molecular formula is C14H17LiSi. The van der Waals surface area contributed by atoms with Gasteiger partial charge >= 0.3 is 18.9 Å². The molecule has 0 atom stereocenters. The third-order valence-electron chi connectivity index (χ3n) is 2.93. The first kappa shape index (κ1) is 13.4. The summed E-state index contributed by atoms with van der Waals surface area (Å²) in [6, 6.07) is 20.9. The Kier molecular flexibility index (Phi) is 4.74. The van der Waals surface area contributed by atoms with Gasteiger partial charge in [0.1, 0.15) is 0 Å². The van der Waals surface area contributed by atoms with Crippen molar-refractivity contribution in [3.05, 3.63) is 60.2 Å². The number of hydrogen-bond donors (Lipinski definition) is 0. The zero-order chi connectivity index (χ0) is 10.7. The van der Waals surface area contributed by atoms with Crippen molar-refractivity contribution in [2.75, 3.05) is 0 Å². The van der Waals surface area contributed by atoms with E-state index in [9.17, 15) is 0 Å². The van der Waals surface area contributed by atoms with Gasteiger partial charge in [0.05, 0.1) is 8.07 Å². The van der Waals surface area contributed by atoms with E-state index in [0.29, 0.717) is 0 Å². The van der Waals surface area contributed by atoms with Crippen LogP contribution < -0.4 is 24.0 Å². The maximum absolute atomic E-state index is 2.44. The molecule has 2 heteroatoms. The van der Waals surface area contributed by atoms with Crippen LogP contribution in [0.4, 0.5) is 0 Å². The molecule has 0 aliphatic carbocycles. The van der Waals surface area contributed by atoms with Crippen LogP contribution >= 0.6 is 0 Å². The molecule has 0 unspecified atom stereocenters. The van der Waals surface area contributed by atoms with E-state index in [2.05, 4.69) is 67.7 Å². The molecule has 0 saturated carbocycles. The Morgan fingerprint density at radius 1 is 0.938 bits per heavy atom. The minimum atomic E-state index is -1.28. The van der Waals surface area contributed by atoms with Gasteiger partial charge in [-0.15, -0.1) is 0 Å². The Morgan fingerprint density at radius 2 is 1.50 bits per heavy atom. The summed E-state index contributed by atoms with van der Waals surface area (Å²) >= 11 is 0. The van der Waals surface area contributed by atoms with E-state index < -0.39 is 8.07 Å². The quantitative estimate of drug-likeness (QED) is 0.509. The fraction of sp³-hybridized carbons (Fsp3) is 0.214. The standard InChI is InChI=1S/C14H17Si.Li/c1-15(2,12-13-8-6-7-9-13)14-10-4-3-5-11-14;/h3-11H,12H2,1-2H3;/q-1;+1. The summed E-state index contributed by atoms with van der Waals surface area (Å²) in [6.07, 6.45) is 0. The molecule has 2 aromatic carbocycles. The van der Waals surface area contributed by atoms with Gasteiger partial charge in [-0.25, -0.2) is 12.1 Å². The largest absolute Gasteiger partial charge is 1.00 e. The van der Waals surface area contributed by atoms with Crippen LogP contribution in [-0.4, -0.2) is 8.07 Å². The molecule has 0 amide bonds. The third-order valence-corrected chi connectivity index (χ3v) is 6.12. The van der Waals surface area contributed by atoms with Gasteiger partial charge < -0.3 is 0 Å². The Bertz CT molecular complexity index is 404. The molecule has 0 aromatic heterocycles. The van der Waals surface area contributed by atoms with Gasteiger partial charge in [-0.3, -0.25) is 0 Å². The Hall–Kier alpha value is -0.616. The van der Waals surface area contributed by atoms with Gasteiger partial charge in [0.25, 0.3) is 0 Å². The molecule has 2 aromatic rings. The monoisotopic (exact) mass is 220 g/mol. The molecule has 0 bridgehead atoms. The molecule has 0 spiro atoms. The van der Waals surface area contributed by atoms with Gasteiger partial charge in [0.2, 0.25) is 0 Å². The van der Waals surface area contributed by atoms with Crippen molar-refractivity contribution in [1.82, 2.24) is 0 Å². The molecule has 0 heterocycles. The fourth-order valence-corrected chi connectivity index (χ4v) is 4.59. The summed E-state index contributed by atoms with van der Waals surface area (Å²) in [5.74, 6) is 0. The Morgan fingerprint density at radius 3 is 2.06 bits per heavy atom. The summed E-state index contributed by atoms with van der Waals surface area (Å²) in [5.41, 5.74) is 1.48. The van der Waals surface area contributed by atoms with Gasteiger partial charge in [0, 0.05) is 0 Å². The minimum absolute atomic E-state index is 0. The Balaban J connectivity index is 0.00000128. The molecule has 0 aliphatic heterocycles. The van der Waals surface area contributed by atoms with Gasteiger partial charge in [-0.2, -0.15) is 17.7 Å². The van der Waals surface area contributed by atoms with E-state index >= 15 is 0 Å². The number of benzene rings is 1. The molecular weight excluding hydrogens is 203 g/mol. The number of rotatable bonds is 3. The second-order valence-corrected chi connectivity index (χ2v) is 9.42. The molecule has 0 nitrogen and oxygen atoms in total. The second-order valence-electron chi connectivity index (χ2n) is 4.72. The zero-order valence-corrected chi connectivity index (χ0v) is 11.4. The summed E-state index contributed by atoms with van der Waals surface area (Å²) in [4.78, 5) is 0. The summed E-state index contributed by atoms with van der Waals surface area (Å²) in [5, 5.41) is 1.55. The van der Waals surface area contributed by atoms with E-state index in [1.54, 1.807) is 5.19 Å². The molecule has 78 valence electrons. The van der Waals surface area contributed by atoms with Crippen LogP contribution in [0, 0.1) is 0 Å². The van der Waals surface area contributed by atoms with E-state index in [1.165, 1.54) is 11.6 Å². The minimum Gasteiger partial charge on any atom is -0.213 e. The van der Waals surface area contributed by atoms with E-state index in [-0.39, 0.29) is 18.9 Å². The average molecular weight is 220 g/mol. The van der Waals surface area contributed by atoms with Crippen molar-refractivity contribution in [3.8, 4) is 0 Å². The maximum atomic E-state index is 2.44. The fourth-order valence-electron chi connectivity index (χ4n) is 2.03. The molecule has 0 radical (unpaired) electrons. The van der Waals surface area contributed by atoms with Crippen molar-refractivity contribution < 1.29 is 18.9 Å². The van der Waals surface area contributed by atoms with Crippen molar-refractivity contribution in [2.24, 2.45) is 0 Å². The average Bonchev–Trinajstić information content (AvgIpc) is 2.71. The van der Waals surface area contributed by atoms with Gasteiger partial charge in [0.15, 0.2) is 0 Å². The van der Waals surface area contributed by atoms with Crippen molar-refractivity contribution in [2.45, 2.75) is 19.1 Å². The normalized spacial score (nSPS) is 10.9. The van der Waals surface area contributed by atoms with E-state index in [1.807, 2.05) is 0 Å². The van der Waals surface area contributed by atoms with Crippen molar-refractivity contribution in [3.63, 3.8) is 0 Å².